The molecule has 1 aromatic rings. The predicted molar refractivity (Wildman–Crippen MR) is 68.8 cm³/mol. The molecule has 1 saturated heterocycles. The Balaban J connectivity index is 0.00000144. The Hall–Kier alpha value is -0.840. The van der Waals surface area contributed by atoms with E-state index in [-0.39, 0.29) is 24.8 Å². The number of piperidine rings is 1. The number of ether oxygens (including phenoxy) is 1. The molecular weight excluding hydrogens is 240 g/mol. The molecule has 0 aromatic carbocycles. The van der Waals surface area contributed by atoms with Crippen LogP contribution in [0.5, 0.6) is 0 Å². The maximum absolute atomic E-state index is 11.6. The van der Waals surface area contributed by atoms with E-state index < -0.39 is 0 Å². The summed E-state index contributed by atoms with van der Waals surface area (Å²) in [6.07, 6.45) is 5.40. The summed E-state index contributed by atoms with van der Waals surface area (Å²) in [6.45, 7) is 1.86. The van der Waals surface area contributed by atoms with Crippen LogP contribution in [-0.2, 0) is 4.74 Å². The SMILES string of the molecule is Cl.O=C(COCC1CCCCN1)c1ccc[nH]1. The maximum atomic E-state index is 11.6. The molecule has 0 aliphatic carbocycles. The van der Waals surface area contributed by atoms with Gasteiger partial charge in [0.15, 0.2) is 0 Å². The number of rotatable bonds is 5. The number of nitrogens with one attached hydrogen (secondary N) is 2. The van der Waals surface area contributed by atoms with E-state index >= 15 is 0 Å². The van der Waals surface area contributed by atoms with Gasteiger partial charge >= 0.3 is 0 Å². The minimum atomic E-state index is 0. The van der Waals surface area contributed by atoms with Crippen LogP contribution in [0.1, 0.15) is 29.8 Å². The molecule has 0 bridgehead atoms. The molecule has 0 spiro atoms. The summed E-state index contributed by atoms with van der Waals surface area (Å²) < 4.78 is 5.43. The lowest BCUT2D eigenvalue weighted by atomic mass is 10.1. The topological polar surface area (TPSA) is 54.1 Å². The maximum Gasteiger partial charge on any atom is 0.204 e. The smallest absolute Gasteiger partial charge is 0.204 e. The lowest BCUT2D eigenvalue weighted by Gasteiger charge is -2.22. The summed E-state index contributed by atoms with van der Waals surface area (Å²) >= 11 is 0. The Bertz CT molecular complexity index is 321. The van der Waals surface area contributed by atoms with Crippen LogP contribution in [0, 0.1) is 0 Å². The molecule has 96 valence electrons. The van der Waals surface area contributed by atoms with Crippen LogP contribution in [-0.4, -0.2) is 36.6 Å². The van der Waals surface area contributed by atoms with E-state index in [1.54, 1.807) is 12.3 Å². The molecule has 1 atom stereocenters. The number of aromatic nitrogens is 1. The number of ketones is 1. The van der Waals surface area contributed by atoms with Crippen LogP contribution in [0.4, 0.5) is 0 Å². The third kappa shape index (κ3) is 4.50. The highest BCUT2D eigenvalue weighted by Gasteiger charge is 2.13. The van der Waals surface area contributed by atoms with Crippen molar-refractivity contribution < 1.29 is 9.53 Å². The normalized spacial score (nSPS) is 19.6. The van der Waals surface area contributed by atoms with Crippen molar-refractivity contribution in [2.24, 2.45) is 0 Å². The molecule has 1 unspecified atom stereocenters. The molecule has 1 aromatic heterocycles. The molecule has 17 heavy (non-hydrogen) atoms. The fourth-order valence-electron chi connectivity index (χ4n) is 1.94. The van der Waals surface area contributed by atoms with Gasteiger partial charge in [0, 0.05) is 12.2 Å². The first kappa shape index (κ1) is 14.2. The second-order valence-electron chi connectivity index (χ2n) is 4.17. The monoisotopic (exact) mass is 258 g/mol. The Kier molecular flexibility index (Phi) is 6.26. The van der Waals surface area contributed by atoms with E-state index in [2.05, 4.69) is 10.3 Å². The van der Waals surface area contributed by atoms with E-state index in [1.165, 1.54) is 12.8 Å². The standard InChI is InChI=1S/C12H18N2O2.ClH/c15-12(11-5-3-7-14-11)9-16-8-10-4-1-2-6-13-10;/h3,5,7,10,13-14H,1-2,4,6,8-9H2;1H. The van der Waals surface area contributed by atoms with Gasteiger partial charge in [0.1, 0.15) is 6.61 Å². The quantitative estimate of drug-likeness (QED) is 0.792. The second-order valence-corrected chi connectivity index (χ2v) is 4.17. The molecule has 4 nitrogen and oxygen atoms in total. The fraction of sp³-hybridized carbons (Fsp3) is 0.583. The van der Waals surface area contributed by atoms with Crippen LogP contribution in [0.2, 0.25) is 0 Å². The molecule has 1 aliphatic rings. The highest BCUT2D eigenvalue weighted by Crippen LogP contribution is 2.07. The van der Waals surface area contributed by atoms with Crippen molar-refractivity contribution in [1.82, 2.24) is 10.3 Å². The number of carbonyl (C=O) groups is 1. The fourth-order valence-corrected chi connectivity index (χ4v) is 1.94. The minimum absolute atomic E-state index is 0. The molecule has 1 fully saturated rings. The zero-order valence-corrected chi connectivity index (χ0v) is 10.6. The van der Waals surface area contributed by atoms with Crippen molar-refractivity contribution in [3.05, 3.63) is 24.0 Å². The van der Waals surface area contributed by atoms with Crippen LogP contribution in [0.25, 0.3) is 0 Å². The molecular formula is C12H19ClN2O2. The van der Waals surface area contributed by atoms with Crippen LogP contribution < -0.4 is 5.32 Å². The van der Waals surface area contributed by atoms with Gasteiger partial charge in [-0.1, -0.05) is 6.42 Å². The summed E-state index contributed by atoms with van der Waals surface area (Å²) in [6, 6.07) is 4.01. The number of H-pyrrole nitrogens is 1. The van der Waals surface area contributed by atoms with Crippen LogP contribution >= 0.6 is 12.4 Å². The molecule has 1 aliphatic heterocycles. The van der Waals surface area contributed by atoms with Crippen molar-refractivity contribution in [1.29, 1.82) is 0 Å². The Labute approximate surface area is 108 Å². The summed E-state index contributed by atoms with van der Waals surface area (Å²) in [5.74, 6) is 0.0146. The Morgan fingerprint density at radius 2 is 2.35 bits per heavy atom. The summed E-state index contributed by atoms with van der Waals surface area (Å²) in [4.78, 5) is 14.5. The number of Topliss-reactive ketones (excluding diaryl/α,β-unsaturated/α-hetero) is 1. The molecule has 2 heterocycles. The van der Waals surface area contributed by atoms with Gasteiger partial charge in [-0.25, -0.2) is 0 Å². The average molecular weight is 259 g/mol. The predicted octanol–water partition coefficient (Wildman–Crippen LogP) is 1.78. The van der Waals surface area contributed by atoms with E-state index in [0.717, 1.165) is 13.0 Å². The van der Waals surface area contributed by atoms with Crippen LogP contribution in [0.15, 0.2) is 18.3 Å². The highest BCUT2D eigenvalue weighted by atomic mass is 35.5. The number of carbonyl (C=O) groups excluding carboxylic acids is 1. The Morgan fingerprint density at radius 3 is 3.00 bits per heavy atom. The van der Waals surface area contributed by atoms with Crippen molar-refractivity contribution in [2.45, 2.75) is 25.3 Å². The van der Waals surface area contributed by atoms with Crippen molar-refractivity contribution in [3.63, 3.8) is 0 Å². The molecule has 2 N–H and O–H groups in total. The zero-order chi connectivity index (χ0) is 11.2. The number of halogens is 1. The summed E-state index contributed by atoms with van der Waals surface area (Å²) in [5.41, 5.74) is 0.622. The second kappa shape index (κ2) is 7.48. The molecule has 0 saturated carbocycles. The number of hydrogen-bond acceptors (Lipinski definition) is 3. The van der Waals surface area contributed by atoms with Gasteiger partial charge < -0.3 is 15.0 Å². The third-order valence-electron chi connectivity index (χ3n) is 2.86. The van der Waals surface area contributed by atoms with E-state index in [4.69, 9.17) is 4.74 Å². The lowest BCUT2D eigenvalue weighted by molar-refractivity contribution is 0.0687. The number of aromatic amines is 1. The lowest BCUT2D eigenvalue weighted by Crippen LogP contribution is -2.38. The summed E-state index contributed by atoms with van der Waals surface area (Å²) in [5, 5.41) is 3.38. The highest BCUT2D eigenvalue weighted by molar-refractivity contribution is 5.95. The van der Waals surface area contributed by atoms with Gasteiger partial charge in [0.2, 0.25) is 5.78 Å². The summed E-state index contributed by atoms with van der Waals surface area (Å²) in [7, 11) is 0. The first-order valence-electron chi connectivity index (χ1n) is 5.84. The van der Waals surface area contributed by atoms with Crippen LogP contribution in [0.3, 0.4) is 0 Å². The first-order valence-corrected chi connectivity index (χ1v) is 5.84. The van der Waals surface area contributed by atoms with Gasteiger partial charge in [0.25, 0.3) is 0 Å². The molecule has 0 radical (unpaired) electrons. The van der Waals surface area contributed by atoms with E-state index in [9.17, 15) is 4.79 Å². The third-order valence-corrected chi connectivity index (χ3v) is 2.86. The molecule has 5 heteroatoms. The molecule has 2 rings (SSSR count). The zero-order valence-electron chi connectivity index (χ0n) is 9.78. The van der Waals surface area contributed by atoms with Gasteiger partial charge in [-0.2, -0.15) is 0 Å². The largest absolute Gasteiger partial charge is 0.372 e. The van der Waals surface area contributed by atoms with E-state index in [1.807, 2.05) is 6.07 Å². The van der Waals surface area contributed by atoms with Crippen molar-refractivity contribution >= 4 is 18.2 Å². The first-order chi connectivity index (χ1) is 7.86. The number of hydrogen-bond donors (Lipinski definition) is 2. The van der Waals surface area contributed by atoms with Gasteiger partial charge in [-0.15, -0.1) is 12.4 Å². The molecule has 0 amide bonds. The van der Waals surface area contributed by atoms with Crippen molar-refractivity contribution in [3.8, 4) is 0 Å². The van der Waals surface area contributed by atoms with Crippen molar-refractivity contribution in [2.75, 3.05) is 19.8 Å². The Morgan fingerprint density at radius 1 is 1.47 bits per heavy atom. The van der Waals surface area contributed by atoms with Gasteiger partial charge in [0.05, 0.1) is 12.3 Å². The van der Waals surface area contributed by atoms with Gasteiger partial charge in [-0.3, -0.25) is 4.79 Å². The minimum Gasteiger partial charge on any atom is -0.372 e. The van der Waals surface area contributed by atoms with Gasteiger partial charge in [-0.05, 0) is 31.5 Å². The van der Waals surface area contributed by atoms with E-state index in [0.29, 0.717) is 18.3 Å². The average Bonchev–Trinajstić information content (AvgIpc) is 2.84.